The SMILES string of the molecule is Fc1cc(Nc2nc(NC3=C4COCC43)nc(-c3cccc(C(F)(F)F)n3)n2)ccn1. The van der Waals surface area contributed by atoms with Gasteiger partial charge in [0, 0.05) is 29.6 Å². The van der Waals surface area contributed by atoms with Gasteiger partial charge < -0.3 is 15.4 Å². The molecule has 1 fully saturated rings. The lowest BCUT2D eigenvalue weighted by Gasteiger charge is -2.11. The number of nitrogens with one attached hydrogen (secondary N) is 2. The van der Waals surface area contributed by atoms with Crippen molar-refractivity contribution in [3.63, 3.8) is 0 Å². The van der Waals surface area contributed by atoms with Gasteiger partial charge in [0.2, 0.25) is 17.8 Å². The molecule has 0 spiro atoms. The quantitative estimate of drug-likeness (QED) is 0.468. The van der Waals surface area contributed by atoms with E-state index in [0.717, 1.165) is 23.4 Å². The van der Waals surface area contributed by atoms with E-state index in [-0.39, 0.29) is 29.3 Å². The molecule has 1 unspecified atom stereocenters. The van der Waals surface area contributed by atoms with E-state index in [1.54, 1.807) is 0 Å². The van der Waals surface area contributed by atoms with Crippen LogP contribution in [0, 0.1) is 11.9 Å². The highest BCUT2D eigenvalue weighted by Crippen LogP contribution is 2.43. The third-order valence-electron chi connectivity index (χ3n) is 4.71. The molecule has 2 aliphatic rings. The van der Waals surface area contributed by atoms with Gasteiger partial charge >= 0.3 is 6.18 Å². The Labute approximate surface area is 172 Å². The Morgan fingerprint density at radius 3 is 2.52 bits per heavy atom. The molecule has 0 radical (unpaired) electrons. The van der Waals surface area contributed by atoms with Crippen molar-refractivity contribution in [2.45, 2.75) is 6.18 Å². The van der Waals surface area contributed by atoms with Crippen molar-refractivity contribution in [2.24, 2.45) is 5.92 Å². The van der Waals surface area contributed by atoms with E-state index in [2.05, 4.69) is 35.6 Å². The fraction of sp³-hybridized carbons (Fsp3) is 0.211. The maximum absolute atomic E-state index is 13.4. The zero-order valence-electron chi connectivity index (χ0n) is 15.6. The molecule has 0 bridgehead atoms. The normalized spacial score (nSPS) is 17.5. The number of rotatable bonds is 5. The summed E-state index contributed by atoms with van der Waals surface area (Å²) in [6.07, 6.45) is -3.36. The van der Waals surface area contributed by atoms with Crippen LogP contribution in [0.5, 0.6) is 0 Å². The molecule has 8 nitrogen and oxygen atoms in total. The predicted molar refractivity (Wildman–Crippen MR) is 100 cm³/mol. The molecule has 4 heterocycles. The highest BCUT2D eigenvalue weighted by molar-refractivity contribution is 5.61. The summed E-state index contributed by atoms with van der Waals surface area (Å²) in [7, 11) is 0. The minimum atomic E-state index is -4.61. The largest absolute Gasteiger partial charge is 0.433 e. The summed E-state index contributed by atoms with van der Waals surface area (Å²) < 4.78 is 58.0. The second kappa shape index (κ2) is 7.23. The van der Waals surface area contributed by atoms with Crippen LogP contribution in [-0.2, 0) is 10.9 Å². The average molecular weight is 431 g/mol. The standard InChI is InChI=1S/C19H13F4N7O/c20-14-6-9(4-5-24-14)25-17-28-16(12-2-1-3-13(26-12)19(21,22)23)29-18(30-17)27-15-10-7-31-8-11(10)15/h1-6,10H,7-8H2,(H2,24,25,27,28,29,30). The highest BCUT2D eigenvalue weighted by atomic mass is 19.4. The molecule has 5 rings (SSSR count). The molecule has 0 saturated carbocycles. The molecule has 0 aromatic carbocycles. The molecular weight excluding hydrogens is 418 g/mol. The Hall–Kier alpha value is -3.67. The van der Waals surface area contributed by atoms with E-state index < -0.39 is 17.8 Å². The highest BCUT2D eigenvalue weighted by Gasteiger charge is 2.42. The smallest absolute Gasteiger partial charge is 0.376 e. The second-order valence-electron chi connectivity index (χ2n) is 6.84. The van der Waals surface area contributed by atoms with Gasteiger partial charge in [-0.25, -0.2) is 9.97 Å². The number of alkyl halides is 3. The molecule has 1 atom stereocenters. The Morgan fingerprint density at radius 1 is 1.00 bits per heavy atom. The third-order valence-corrected chi connectivity index (χ3v) is 4.71. The summed E-state index contributed by atoms with van der Waals surface area (Å²) in [5, 5.41) is 5.88. The van der Waals surface area contributed by atoms with Crippen LogP contribution in [0.3, 0.4) is 0 Å². The van der Waals surface area contributed by atoms with Crippen LogP contribution >= 0.6 is 0 Å². The molecule has 1 aliphatic carbocycles. The van der Waals surface area contributed by atoms with Gasteiger partial charge in [-0.1, -0.05) is 6.07 Å². The van der Waals surface area contributed by atoms with Gasteiger partial charge in [-0.15, -0.1) is 0 Å². The topological polar surface area (TPSA) is 97.7 Å². The number of nitrogens with zero attached hydrogens (tertiary/aromatic N) is 5. The van der Waals surface area contributed by atoms with E-state index in [4.69, 9.17) is 4.74 Å². The van der Waals surface area contributed by atoms with Crippen molar-refractivity contribution in [3.8, 4) is 11.5 Å². The second-order valence-corrected chi connectivity index (χ2v) is 6.84. The van der Waals surface area contributed by atoms with Crippen LogP contribution in [0.25, 0.3) is 11.5 Å². The van der Waals surface area contributed by atoms with E-state index in [1.165, 1.54) is 24.4 Å². The van der Waals surface area contributed by atoms with Crippen molar-refractivity contribution in [1.82, 2.24) is 24.9 Å². The lowest BCUT2D eigenvalue weighted by atomic mass is 10.3. The third kappa shape index (κ3) is 4.01. The zero-order valence-corrected chi connectivity index (χ0v) is 15.6. The van der Waals surface area contributed by atoms with Crippen LogP contribution < -0.4 is 10.6 Å². The van der Waals surface area contributed by atoms with Gasteiger partial charge in [-0.05, 0) is 23.8 Å². The van der Waals surface area contributed by atoms with Crippen molar-refractivity contribution in [1.29, 1.82) is 0 Å². The number of fused-ring (bicyclic) bond motifs is 1. The van der Waals surface area contributed by atoms with Crippen LogP contribution in [-0.4, -0.2) is 38.1 Å². The number of ether oxygens (including phenoxy) is 1. The summed E-state index contributed by atoms with van der Waals surface area (Å²) in [6, 6.07) is 6.08. The fourth-order valence-electron chi connectivity index (χ4n) is 3.19. The lowest BCUT2D eigenvalue weighted by Crippen LogP contribution is -2.10. The lowest BCUT2D eigenvalue weighted by molar-refractivity contribution is -0.141. The number of hydrogen-bond acceptors (Lipinski definition) is 8. The van der Waals surface area contributed by atoms with Gasteiger partial charge in [0.25, 0.3) is 0 Å². The minimum absolute atomic E-state index is 0.00460. The van der Waals surface area contributed by atoms with E-state index >= 15 is 0 Å². The minimum Gasteiger partial charge on any atom is -0.376 e. The fourth-order valence-corrected chi connectivity index (χ4v) is 3.19. The van der Waals surface area contributed by atoms with Crippen LogP contribution in [0.2, 0.25) is 0 Å². The van der Waals surface area contributed by atoms with Gasteiger partial charge in [-0.3, -0.25) is 0 Å². The van der Waals surface area contributed by atoms with Gasteiger partial charge in [0.15, 0.2) is 5.82 Å². The van der Waals surface area contributed by atoms with Crippen molar-refractivity contribution < 1.29 is 22.3 Å². The number of hydrogen-bond donors (Lipinski definition) is 2. The number of halogens is 4. The summed E-state index contributed by atoms with van der Waals surface area (Å²) in [5.74, 6) is -0.482. The molecule has 1 aliphatic heterocycles. The van der Waals surface area contributed by atoms with Crippen molar-refractivity contribution in [3.05, 3.63) is 59.4 Å². The zero-order chi connectivity index (χ0) is 21.6. The van der Waals surface area contributed by atoms with Crippen LogP contribution in [0.15, 0.2) is 47.8 Å². The number of pyridine rings is 2. The van der Waals surface area contributed by atoms with E-state index in [9.17, 15) is 17.6 Å². The van der Waals surface area contributed by atoms with Crippen molar-refractivity contribution in [2.75, 3.05) is 23.8 Å². The van der Waals surface area contributed by atoms with E-state index in [0.29, 0.717) is 18.9 Å². The Morgan fingerprint density at radius 2 is 1.81 bits per heavy atom. The molecule has 3 aromatic heterocycles. The molecule has 2 N–H and O–H groups in total. The van der Waals surface area contributed by atoms with Gasteiger partial charge in [-0.2, -0.15) is 32.5 Å². The first-order valence-electron chi connectivity index (χ1n) is 9.14. The predicted octanol–water partition coefficient (Wildman–Crippen LogP) is 3.56. The Kier molecular flexibility index (Phi) is 4.50. The van der Waals surface area contributed by atoms with E-state index in [1.807, 2.05) is 0 Å². The number of anilines is 3. The molecule has 31 heavy (non-hydrogen) atoms. The molecule has 158 valence electrons. The molecular formula is C19H13F4N7O. The van der Waals surface area contributed by atoms with Gasteiger partial charge in [0.1, 0.15) is 11.4 Å². The Balaban J connectivity index is 1.52. The Bertz CT molecular complexity index is 1200. The van der Waals surface area contributed by atoms with Gasteiger partial charge in [0.05, 0.1) is 13.2 Å². The summed E-state index contributed by atoms with van der Waals surface area (Å²) in [6.45, 7) is 1.08. The maximum Gasteiger partial charge on any atom is 0.433 e. The summed E-state index contributed by atoms with van der Waals surface area (Å²) in [4.78, 5) is 19.7. The van der Waals surface area contributed by atoms with Crippen LogP contribution in [0.4, 0.5) is 35.1 Å². The molecule has 1 saturated heterocycles. The average Bonchev–Trinajstić information content (AvgIpc) is 3.14. The first-order valence-corrected chi connectivity index (χ1v) is 9.14. The molecule has 12 heteroatoms. The van der Waals surface area contributed by atoms with Crippen LogP contribution in [0.1, 0.15) is 5.69 Å². The maximum atomic E-state index is 13.4. The molecule has 3 aromatic rings. The summed E-state index contributed by atoms with van der Waals surface area (Å²) in [5.41, 5.74) is 1.18. The summed E-state index contributed by atoms with van der Waals surface area (Å²) >= 11 is 0. The first-order chi connectivity index (χ1) is 14.9. The monoisotopic (exact) mass is 431 g/mol. The first kappa shape index (κ1) is 19.3. The molecule has 0 amide bonds. The van der Waals surface area contributed by atoms with Crippen molar-refractivity contribution >= 4 is 17.6 Å². The number of aromatic nitrogens is 5.